The molecular weight excluding hydrogens is 527 g/mol. The molecule has 0 saturated carbocycles. The van der Waals surface area contributed by atoms with Crippen LogP contribution >= 0.6 is 0 Å². The van der Waals surface area contributed by atoms with Crippen molar-refractivity contribution in [3.8, 4) is 5.75 Å². The minimum Gasteiger partial charge on any atom is -0.744 e. The number of benzene rings is 2. The molecule has 0 aliphatic carbocycles. The van der Waals surface area contributed by atoms with Crippen LogP contribution in [0.25, 0.3) is 15.6 Å². The molecule has 0 radical (unpaired) electrons. The number of aromatic amines is 1. The first-order valence-electron chi connectivity index (χ1n) is 7.65. The monoisotopic (exact) mass is 533 g/mol. The number of nitrogens with one attached hydrogen (secondary N) is 1. The maximum Gasteiger partial charge on any atom is 1.00 e. The Labute approximate surface area is 258 Å². The molecule has 19 heteroatoms. The molecule has 0 bridgehead atoms. The zero-order chi connectivity index (χ0) is 23.1. The van der Waals surface area contributed by atoms with E-state index < -0.39 is 64.9 Å². The number of azo groups is 1. The number of hydrogen-bond acceptors (Lipinski definition) is 12. The van der Waals surface area contributed by atoms with Gasteiger partial charge in [-0.05, 0) is 23.6 Å². The molecule has 0 spiro atoms. The summed E-state index contributed by atoms with van der Waals surface area (Å²) in [5.74, 6) is -4.00. The van der Waals surface area contributed by atoms with Crippen molar-refractivity contribution in [1.29, 1.82) is 0 Å². The molecule has 0 aliphatic rings. The van der Waals surface area contributed by atoms with Gasteiger partial charge in [-0.1, -0.05) is 17.8 Å². The van der Waals surface area contributed by atoms with Crippen molar-refractivity contribution >= 4 is 54.4 Å². The first-order chi connectivity index (χ1) is 14.3. The number of aromatic hydroxyl groups is 1. The zero-order valence-electron chi connectivity index (χ0n) is 17.6. The van der Waals surface area contributed by atoms with E-state index in [1.807, 2.05) is 0 Å². The SMILES string of the molecule is [C-]#[N+]c1[nH]c(N=Nc2c(O)c(S(=O)(=O)[O-])cc3cc(S(=O)(=O)[O-])ccc23)nc1C(=O)[O-].[Na+].[Na+].[Na+]. The Kier molecular flexibility index (Phi) is 12.0. The van der Waals surface area contributed by atoms with Gasteiger partial charge in [0.25, 0.3) is 5.82 Å². The number of nitrogens with zero attached hydrogens (tertiary/aromatic N) is 4. The average Bonchev–Trinajstić information content (AvgIpc) is 3.08. The van der Waals surface area contributed by atoms with E-state index in [2.05, 4.69) is 25.0 Å². The van der Waals surface area contributed by atoms with Gasteiger partial charge in [-0.2, -0.15) is 4.98 Å². The van der Waals surface area contributed by atoms with E-state index in [9.17, 15) is 40.9 Å². The third kappa shape index (κ3) is 7.07. The maximum absolute atomic E-state index is 11.5. The molecule has 1 heterocycles. The van der Waals surface area contributed by atoms with Gasteiger partial charge in [-0.3, -0.25) is 4.98 Å². The molecule has 1 aromatic heterocycles. The van der Waals surface area contributed by atoms with Gasteiger partial charge in [0.05, 0.1) is 15.8 Å². The summed E-state index contributed by atoms with van der Waals surface area (Å²) in [4.78, 5) is 17.5. The number of carboxylic acids is 1. The van der Waals surface area contributed by atoms with Crippen LogP contribution in [0.2, 0.25) is 0 Å². The Hall–Kier alpha value is -0.910. The van der Waals surface area contributed by atoms with Crippen LogP contribution < -0.4 is 93.8 Å². The molecule has 3 aromatic rings. The molecule has 2 N–H and O–H groups in total. The molecule has 3 rings (SSSR count). The largest absolute Gasteiger partial charge is 1.00 e. The fourth-order valence-electron chi connectivity index (χ4n) is 2.50. The number of phenolic OH excluding ortho intramolecular Hbond substituents is 1. The van der Waals surface area contributed by atoms with E-state index in [1.54, 1.807) is 0 Å². The van der Waals surface area contributed by atoms with Crippen molar-refractivity contribution in [2.75, 3.05) is 0 Å². The third-order valence-electron chi connectivity index (χ3n) is 3.80. The van der Waals surface area contributed by atoms with Crippen molar-refractivity contribution in [3.05, 3.63) is 41.4 Å². The Morgan fingerprint density at radius 3 is 2.15 bits per heavy atom. The molecule has 0 unspecified atom stereocenters. The van der Waals surface area contributed by atoms with E-state index in [4.69, 9.17) is 6.57 Å². The second kappa shape index (κ2) is 12.4. The predicted octanol–water partition coefficient (Wildman–Crippen LogP) is -8.58. The standard InChI is InChI=1S/C15H9N5O9S2.3Na/c1-16-13-11(14(22)23)17-15(18-13)20-19-10-8-3-2-7(30(24,25)26)4-6(8)5-9(12(10)21)31(27,28)29;;;/h2-5,21H,(H,17,18)(H,22,23)(H,24,25,26)(H,27,28,29);;;/q;3*+1/p-3. The topological polar surface area (TPSA) is 233 Å². The van der Waals surface area contributed by atoms with Crippen molar-refractivity contribution in [2.24, 2.45) is 10.2 Å². The summed E-state index contributed by atoms with van der Waals surface area (Å²) in [6.45, 7) is 6.87. The minimum atomic E-state index is -5.27. The van der Waals surface area contributed by atoms with Gasteiger partial charge in [0.2, 0.25) is 0 Å². The van der Waals surface area contributed by atoms with Crippen LogP contribution in [0.3, 0.4) is 0 Å². The summed E-state index contributed by atoms with van der Waals surface area (Å²) >= 11 is 0. The fraction of sp³-hybridized carbons (Fsp3) is 0. The third-order valence-corrected chi connectivity index (χ3v) is 5.48. The first-order valence-corrected chi connectivity index (χ1v) is 10.5. The minimum absolute atomic E-state index is 0. The Bertz CT molecular complexity index is 1550. The van der Waals surface area contributed by atoms with Crippen LogP contribution in [0.1, 0.15) is 10.5 Å². The van der Waals surface area contributed by atoms with E-state index in [0.717, 1.165) is 18.2 Å². The first kappa shape index (κ1) is 33.1. The summed E-state index contributed by atoms with van der Waals surface area (Å²) in [7, 11) is -10.2. The molecule has 0 aliphatic heterocycles. The number of fused-ring (bicyclic) bond motifs is 1. The van der Waals surface area contributed by atoms with Gasteiger partial charge in [0.15, 0.2) is 5.75 Å². The summed E-state index contributed by atoms with van der Waals surface area (Å²) in [5.41, 5.74) is -1.41. The number of aromatic carboxylic acids is 1. The van der Waals surface area contributed by atoms with Crippen LogP contribution in [-0.4, -0.2) is 47.0 Å². The number of rotatable bonds is 5. The fourth-order valence-corrected chi connectivity index (χ4v) is 3.61. The number of hydrogen-bond donors (Lipinski definition) is 2. The molecule has 2 aromatic carbocycles. The molecule has 34 heavy (non-hydrogen) atoms. The van der Waals surface area contributed by atoms with Crippen LogP contribution in [0.5, 0.6) is 5.75 Å². The summed E-state index contributed by atoms with van der Waals surface area (Å²) in [6.07, 6.45) is 0. The van der Waals surface area contributed by atoms with E-state index in [0.29, 0.717) is 6.07 Å². The number of aromatic nitrogens is 2. The number of imidazole rings is 1. The van der Waals surface area contributed by atoms with Gasteiger partial charge in [0, 0.05) is 5.39 Å². The van der Waals surface area contributed by atoms with Gasteiger partial charge in [0.1, 0.15) is 31.6 Å². The second-order valence-electron chi connectivity index (χ2n) is 5.72. The maximum atomic E-state index is 11.5. The quantitative estimate of drug-likeness (QED) is 0.136. The normalized spacial score (nSPS) is 11.2. The van der Waals surface area contributed by atoms with E-state index in [1.165, 1.54) is 0 Å². The van der Waals surface area contributed by atoms with Gasteiger partial charge in [-0.25, -0.2) is 16.8 Å². The number of phenols is 1. The Morgan fingerprint density at radius 2 is 1.68 bits per heavy atom. The summed E-state index contributed by atoms with van der Waals surface area (Å²) in [5, 5.41) is 27.8. The number of H-pyrrole nitrogens is 1. The number of carbonyl (C=O) groups excluding carboxylic acids is 1. The average molecular weight is 533 g/mol. The van der Waals surface area contributed by atoms with Gasteiger partial charge < -0.3 is 29.0 Å². The second-order valence-corrected chi connectivity index (χ2v) is 8.45. The molecule has 0 saturated heterocycles. The number of carboxylic acid groups (broad SMARTS) is 1. The Balaban J connectivity index is 0.00000363. The van der Waals surface area contributed by atoms with Crippen molar-refractivity contribution in [3.63, 3.8) is 0 Å². The van der Waals surface area contributed by atoms with Gasteiger partial charge >= 0.3 is 94.6 Å². The van der Waals surface area contributed by atoms with Crippen LogP contribution in [0.15, 0.2) is 44.3 Å². The van der Waals surface area contributed by atoms with Crippen LogP contribution in [0.4, 0.5) is 17.5 Å². The molecule has 0 atom stereocenters. The van der Waals surface area contributed by atoms with E-state index in [-0.39, 0.29) is 99.4 Å². The molecule has 0 fully saturated rings. The number of carbonyl (C=O) groups is 1. The summed E-state index contributed by atoms with van der Waals surface area (Å²) in [6, 6.07) is 3.28. The van der Waals surface area contributed by atoms with Crippen molar-refractivity contribution < 1.29 is 130 Å². The molecule has 160 valence electrons. The Morgan fingerprint density at radius 1 is 1.06 bits per heavy atom. The van der Waals surface area contributed by atoms with Crippen molar-refractivity contribution in [1.82, 2.24) is 9.97 Å². The predicted molar refractivity (Wildman–Crippen MR) is 94.9 cm³/mol. The van der Waals surface area contributed by atoms with E-state index >= 15 is 0 Å². The molecular formula is C15H6N5Na3O9S2. The van der Waals surface area contributed by atoms with Gasteiger partial charge in [-0.15, -0.1) is 5.11 Å². The molecule has 14 nitrogen and oxygen atoms in total. The molecule has 0 amide bonds. The van der Waals surface area contributed by atoms with Crippen LogP contribution in [-0.2, 0) is 20.2 Å². The van der Waals surface area contributed by atoms with Crippen molar-refractivity contribution in [2.45, 2.75) is 9.79 Å². The van der Waals surface area contributed by atoms with Crippen LogP contribution in [0, 0.1) is 6.57 Å². The zero-order valence-corrected chi connectivity index (χ0v) is 25.3. The summed E-state index contributed by atoms with van der Waals surface area (Å²) < 4.78 is 68.1. The smallest absolute Gasteiger partial charge is 0.744 e.